The van der Waals surface area contributed by atoms with Gasteiger partial charge in [0.2, 0.25) is 0 Å². The van der Waals surface area contributed by atoms with Gasteiger partial charge in [0.1, 0.15) is 0 Å². The van der Waals surface area contributed by atoms with Crippen LogP contribution in [0.1, 0.15) is 47.6 Å². The van der Waals surface area contributed by atoms with Crippen LogP contribution < -0.4 is 5.32 Å². The maximum absolute atomic E-state index is 4.31. The fourth-order valence-electron chi connectivity index (χ4n) is 2.21. The second-order valence-electron chi connectivity index (χ2n) is 4.83. The standard InChI is InChI=1S/C15H20N2S/c1-10-6-5-7-14(8-10)11(2)17-13(4)15-12(3)16-9-18-15/h5-9,11,13,17H,1-4H3/t11-,13?/m1/s1. The van der Waals surface area contributed by atoms with Gasteiger partial charge in [-0.3, -0.25) is 0 Å². The lowest BCUT2D eigenvalue weighted by Crippen LogP contribution is -2.22. The first-order valence-corrected chi connectivity index (χ1v) is 7.18. The van der Waals surface area contributed by atoms with E-state index in [0.29, 0.717) is 12.1 Å². The fourth-order valence-corrected chi connectivity index (χ4v) is 3.03. The van der Waals surface area contributed by atoms with E-state index in [9.17, 15) is 0 Å². The highest BCUT2D eigenvalue weighted by atomic mass is 32.1. The molecule has 1 heterocycles. The molecule has 0 amide bonds. The van der Waals surface area contributed by atoms with E-state index >= 15 is 0 Å². The van der Waals surface area contributed by atoms with Crippen LogP contribution in [0.25, 0.3) is 0 Å². The topological polar surface area (TPSA) is 24.9 Å². The van der Waals surface area contributed by atoms with Crippen LogP contribution >= 0.6 is 11.3 Å². The number of rotatable bonds is 4. The number of thiazole rings is 1. The first-order valence-electron chi connectivity index (χ1n) is 6.30. The molecule has 1 N–H and O–H groups in total. The molecular weight excluding hydrogens is 240 g/mol. The van der Waals surface area contributed by atoms with Gasteiger partial charge >= 0.3 is 0 Å². The molecule has 1 aromatic heterocycles. The molecule has 1 aromatic carbocycles. The van der Waals surface area contributed by atoms with Gasteiger partial charge in [-0.25, -0.2) is 4.98 Å². The molecule has 0 saturated heterocycles. The summed E-state index contributed by atoms with van der Waals surface area (Å²) >= 11 is 1.72. The van der Waals surface area contributed by atoms with Crippen molar-refractivity contribution < 1.29 is 0 Å². The fraction of sp³-hybridized carbons (Fsp3) is 0.400. The Morgan fingerprint density at radius 3 is 2.56 bits per heavy atom. The molecule has 2 aromatic rings. The van der Waals surface area contributed by atoms with Crippen LogP contribution in [0.15, 0.2) is 29.8 Å². The lowest BCUT2D eigenvalue weighted by Gasteiger charge is -2.20. The summed E-state index contributed by atoms with van der Waals surface area (Å²) in [5.41, 5.74) is 5.70. The molecule has 2 nitrogen and oxygen atoms in total. The molecular formula is C15H20N2S. The largest absolute Gasteiger partial charge is 0.303 e. The maximum atomic E-state index is 4.31. The summed E-state index contributed by atoms with van der Waals surface area (Å²) < 4.78 is 0. The third-order valence-corrected chi connectivity index (χ3v) is 4.33. The minimum absolute atomic E-state index is 0.341. The van der Waals surface area contributed by atoms with Crippen molar-refractivity contribution in [1.29, 1.82) is 0 Å². The van der Waals surface area contributed by atoms with Crippen molar-refractivity contribution in [2.75, 3.05) is 0 Å². The Morgan fingerprint density at radius 2 is 1.94 bits per heavy atom. The van der Waals surface area contributed by atoms with E-state index in [4.69, 9.17) is 0 Å². The molecule has 0 aliphatic rings. The number of benzene rings is 1. The molecule has 0 spiro atoms. The van der Waals surface area contributed by atoms with Crippen molar-refractivity contribution in [1.82, 2.24) is 10.3 Å². The average Bonchev–Trinajstić information content (AvgIpc) is 2.75. The highest BCUT2D eigenvalue weighted by molar-refractivity contribution is 7.09. The predicted octanol–water partition coefficient (Wildman–Crippen LogP) is 4.17. The Hall–Kier alpha value is -1.19. The van der Waals surface area contributed by atoms with Crippen molar-refractivity contribution in [3.05, 3.63) is 51.5 Å². The van der Waals surface area contributed by atoms with Crippen molar-refractivity contribution >= 4 is 11.3 Å². The van der Waals surface area contributed by atoms with Crippen LogP contribution in [0.3, 0.4) is 0 Å². The predicted molar refractivity (Wildman–Crippen MR) is 78.0 cm³/mol. The van der Waals surface area contributed by atoms with Gasteiger partial charge in [-0.15, -0.1) is 11.3 Å². The monoisotopic (exact) mass is 260 g/mol. The highest BCUT2D eigenvalue weighted by Gasteiger charge is 2.14. The van der Waals surface area contributed by atoms with E-state index in [2.05, 4.69) is 62.3 Å². The summed E-state index contributed by atoms with van der Waals surface area (Å²) in [5.74, 6) is 0. The molecule has 1 unspecified atom stereocenters. The zero-order valence-corrected chi connectivity index (χ0v) is 12.2. The summed E-state index contributed by atoms with van der Waals surface area (Å²) in [6, 6.07) is 9.36. The second kappa shape index (κ2) is 5.63. The third-order valence-electron chi connectivity index (χ3n) is 3.22. The first kappa shape index (κ1) is 13.2. The minimum Gasteiger partial charge on any atom is -0.303 e. The Balaban J connectivity index is 2.08. The number of hydrogen-bond acceptors (Lipinski definition) is 3. The van der Waals surface area contributed by atoms with Crippen LogP contribution in [0.2, 0.25) is 0 Å². The molecule has 18 heavy (non-hydrogen) atoms. The maximum Gasteiger partial charge on any atom is 0.0798 e. The van der Waals surface area contributed by atoms with Gasteiger partial charge in [0.25, 0.3) is 0 Å². The Kier molecular flexibility index (Phi) is 4.15. The highest BCUT2D eigenvalue weighted by Crippen LogP contribution is 2.24. The Labute approximate surface area is 113 Å². The lowest BCUT2D eigenvalue weighted by molar-refractivity contribution is 0.498. The van der Waals surface area contributed by atoms with Crippen LogP contribution in [0.4, 0.5) is 0 Å². The number of aryl methyl sites for hydroxylation is 2. The van der Waals surface area contributed by atoms with Gasteiger partial charge in [-0.1, -0.05) is 29.8 Å². The summed E-state index contributed by atoms with van der Waals surface area (Å²) in [5, 5.41) is 3.64. The summed E-state index contributed by atoms with van der Waals surface area (Å²) in [6.07, 6.45) is 0. The zero-order chi connectivity index (χ0) is 13.1. The van der Waals surface area contributed by atoms with Gasteiger partial charge in [-0.05, 0) is 33.3 Å². The number of nitrogens with one attached hydrogen (secondary N) is 1. The van der Waals surface area contributed by atoms with Crippen LogP contribution in [0.5, 0.6) is 0 Å². The zero-order valence-electron chi connectivity index (χ0n) is 11.4. The molecule has 0 saturated carbocycles. The number of nitrogens with zero attached hydrogens (tertiary/aromatic N) is 1. The molecule has 2 atom stereocenters. The minimum atomic E-state index is 0.341. The smallest absolute Gasteiger partial charge is 0.0798 e. The normalized spacial score (nSPS) is 14.4. The van der Waals surface area contributed by atoms with Gasteiger partial charge < -0.3 is 5.32 Å². The quantitative estimate of drug-likeness (QED) is 0.892. The SMILES string of the molecule is Cc1cccc([C@@H](C)NC(C)c2scnc2C)c1. The summed E-state index contributed by atoms with van der Waals surface area (Å²) in [7, 11) is 0. The van der Waals surface area contributed by atoms with Crippen molar-refractivity contribution in [2.45, 2.75) is 39.8 Å². The van der Waals surface area contributed by atoms with Crippen molar-refractivity contribution in [2.24, 2.45) is 0 Å². The Morgan fingerprint density at radius 1 is 1.17 bits per heavy atom. The second-order valence-corrected chi connectivity index (χ2v) is 5.71. The summed E-state index contributed by atoms with van der Waals surface area (Å²) in [4.78, 5) is 5.64. The van der Waals surface area contributed by atoms with Crippen LogP contribution in [-0.2, 0) is 0 Å². The molecule has 0 radical (unpaired) electrons. The van der Waals surface area contributed by atoms with Crippen LogP contribution in [-0.4, -0.2) is 4.98 Å². The van der Waals surface area contributed by atoms with E-state index < -0.39 is 0 Å². The molecule has 0 aliphatic heterocycles. The van der Waals surface area contributed by atoms with Gasteiger partial charge in [-0.2, -0.15) is 0 Å². The third kappa shape index (κ3) is 2.98. The van der Waals surface area contributed by atoms with Crippen molar-refractivity contribution in [3.8, 4) is 0 Å². The molecule has 3 heteroatoms. The van der Waals surface area contributed by atoms with E-state index in [1.807, 2.05) is 5.51 Å². The van der Waals surface area contributed by atoms with Crippen LogP contribution in [0, 0.1) is 13.8 Å². The van der Waals surface area contributed by atoms with Crippen molar-refractivity contribution in [3.63, 3.8) is 0 Å². The number of aromatic nitrogens is 1. The Bertz CT molecular complexity index is 519. The summed E-state index contributed by atoms with van der Waals surface area (Å²) in [6.45, 7) is 8.61. The van der Waals surface area contributed by atoms with E-state index in [1.54, 1.807) is 11.3 Å². The van der Waals surface area contributed by atoms with E-state index in [1.165, 1.54) is 16.0 Å². The van der Waals surface area contributed by atoms with E-state index in [-0.39, 0.29) is 0 Å². The van der Waals surface area contributed by atoms with Gasteiger partial charge in [0, 0.05) is 17.0 Å². The average molecular weight is 260 g/mol. The molecule has 2 rings (SSSR count). The van der Waals surface area contributed by atoms with Gasteiger partial charge in [0.15, 0.2) is 0 Å². The lowest BCUT2D eigenvalue weighted by atomic mass is 10.0. The van der Waals surface area contributed by atoms with Gasteiger partial charge in [0.05, 0.1) is 11.2 Å². The number of hydrogen-bond donors (Lipinski definition) is 1. The molecule has 96 valence electrons. The first-order chi connectivity index (χ1) is 8.58. The van der Waals surface area contributed by atoms with E-state index in [0.717, 1.165) is 5.69 Å². The molecule has 0 aliphatic carbocycles. The molecule has 0 fully saturated rings. The molecule has 0 bridgehead atoms.